The van der Waals surface area contributed by atoms with Crippen molar-refractivity contribution < 1.29 is 4.74 Å². The predicted octanol–water partition coefficient (Wildman–Crippen LogP) is 1.75. The molecule has 0 amide bonds. The maximum Gasteiger partial charge on any atom is 0.151 e. The van der Waals surface area contributed by atoms with E-state index in [-0.39, 0.29) is 0 Å². The number of aromatic nitrogens is 2. The fourth-order valence-electron chi connectivity index (χ4n) is 1.65. The number of hydrogen-bond donors (Lipinski definition) is 0. The van der Waals surface area contributed by atoms with Crippen LogP contribution in [-0.2, 0) is 4.74 Å². The normalized spacial score (nSPS) is 21.7. The van der Waals surface area contributed by atoms with Gasteiger partial charge in [-0.2, -0.15) is 0 Å². The molecule has 2 rings (SSSR count). The molecule has 0 radical (unpaired) electrons. The number of halogens is 1. The molecule has 1 aliphatic rings. The van der Waals surface area contributed by atoms with Crippen LogP contribution in [0.25, 0.3) is 0 Å². The van der Waals surface area contributed by atoms with E-state index in [0.717, 1.165) is 31.9 Å². The van der Waals surface area contributed by atoms with E-state index in [0.29, 0.717) is 11.3 Å². The fourth-order valence-corrected chi connectivity index (χ4v) is 1.75. The van der Waals surface area contributed by atoms with Gasteiger partial charge in [0.25, 0.3) is 0 Å². The van der Waals surface area contributed by atoms with E-state index in [4.69, 9.17) is 16.3 Å². The van der Waals surface area contributed by atoms with E-state index >= 15 is 0 Å². The van der Waals surface area contributed by atoms with Crippen molar-refractivity contribution in [1.82, 2.24) is 10.2 Å². The van der Waals surface area contributed by atoms with E-state index in [2.05, 4.69) is 22.0 Å². The molecule has 0 bridgehead atoms. The lowest BCUT2D eigenvalue weighted by Gasteiger charge is -2.32. The molecule has 0 saturated carbocycles. The minimum Gasteiger partial charge on any atom is -0.375 e. The van der Waals surface area contributed by atoms with Crippen LogP contribution in [-0.4, -0.2) is 36.0 Å². The molecule has 82 valence electrons. The maximum absolute atomic E-state index is 5.69. The number of nitrogens with zero attached hydrogens (tertiary/aromatic N) is 3. The van der Waals surface area contributed by atoms with Gasteiger partial charge in [-0.05, 0) is 18.6 Å². The van der Waals surface area contributed by atoms with E-state index in [1.807, 2.05) is 6.07 Å². The first-order valence-electron chi connectivity index (χ1n) is 5.15. The van der Waals surface area contributed by atoms with E-state index in [1.165, 1.54) is 0 Å². The van der Waals surface area contributed by atoms with Crippen LogP contribution in [0.3, 0.4) is 0 Å². The third kappa shape index (κ3) is 2.58. The summed E-state index contributed by atoms with van der Waals surface area (Å²) in [5.41, 5.74) is 0. The van der Waals surface area contributed by atoms with Crippen LogP contribution in [0.5, 0.6) is 0 Å². The molecule has 5 heteroatoms. The van der Waals surface area contributed by atoms with Crippen LogP contribution in [0.15, 0.2) is 12.1 Å². The lowest BCUT2D eigenvalue weighted by molar-refractivity contribution is 0.0381. The number of morpholine rings is 1. The number of hydrogen-bond acceptors (Lipinski definition) is 4. The van der Waals surface area contributed by atoms with Crippen LogP contribution < -0.4 is 4.90 Å². The van der Waals surface area contributed by atoms with Gasteiger partial charge in [0.1, 0.15) is 0 Å². The van der Waals surface area contributed by atoms with Crippen LogP contribution in [0.4, 0.5) is 5.82 Å². The highest BCUT2D eigenvalue weighted by molar-refractivity contribution is 6.29. The average Bonchev–Trinajstić information content (AvgIpc) is 2.30. The van der Waals surface area contributed by atoms with Crippen LogP contribution in [0.1, 0.15) is 13.3 Å². The molecule has 0 N–H and O–H groups in total. The Kier molecular flexibility index (Phi) is 3.38. The SMILES string of the molecule is CCC1CN(c2ccc(Cl)nn2)CCO1. The first-order chi connectivity index (χ1) is 7.29. The summed E-state index contributed by atoms with van der Waals surface area (Å²) in [5.74, 6) is 0.876. The molecule has 2 heterocycles. The van der Waals surface area contributed by atoms with Gasteiger partial charge in [0.2, 0.25) is 0 Å². The second kappa shape index (κ2) is 4.77. The van der Waals surface area contributed by atoms with Crippen molar-refractivity contribution in [3.05, 3.63) is 17.3 Å². The molecule has 1 aromatic heterocycles. The van der Waals surface area contributed by atoms with Gasteiger partial charge < -0.3 is 9.64 Å². The second-order valence-electron chi connectivity index (χ2n) is 3.56. The highest BCUT2D eigenvalue weighted by Crippen LogP contribution is 2.16. The van der Waals surface area contributed by atoms with Crippen molar-refractivity contribution in [2.75, 3.05) is 24.6 Å². The van der Waals surface area contributed by atoms with Gasteiger partial charge in [-0.3, -0.25) is 0 Å². The zero-order chi connectivity index (χ0) is 10.7. The molecule has 1 saturated heterocycles. The Morgan fingerprint density at radius 1 is 1.53 bits per heavy atom. The standard InChI is InChI=1S/C10H14ClN3O/c1-2-8-7-14(5-6-15-8)10-4-3-9(11)12-13-10/h3-4,8H,2,5-7H2,1H3. The smallest absolute Gasteiger partial charge is 0.151 e. The molecule has 1 unspecified atom stereocenters. The number of anilines is 1. The molecule has 1 aliphatic heterocycles. The van der Waals surface area contributed by atoms with Gasteiger partial charge in [0.15, 0.2) is 11.0 Å². The molecular weight excluding hydrogens is 214 g/mol. The molecule has 1 aromatic rings. The molecule has 15 heavy (non-hydrogen) atoms. The first-order valence-corrected chi connectivity index (χ1v) is 5.53. The zero-order valence-corrected chi connectivity index (χ0v) is 9.44. The summed E-state index contributed by atoms with van der Waals surface area (Å²) in [6, 6.07) is 3.66. The van der Waals surface area contributed by atoms with Gasteiger partial charge in [0.05, 0.1) is 12.7 Å². The summed E-state index contributed by atoms with van der Waals surface area (Å²) >= 11 is 5.69. The summed E-state index contributed by atoms with van der Waals surface area (Å²) in [6.45, 7) is 4.63. The average molecular weight is 228 g/mol. The van der Waals surface area contributed by atoms with Crippen LogP contribution in [0.2, 0.25) is 5.15 Å². The van der Waals surface area contributed by atoms with E-state index in [1.54, 1.807) is 6.07 Å². The summed E-state index contributed by atoms with van der Waals surface area (Å²) in [4.78, 5) is 2.18. The quantitative estimate of drug-likeness (QED) is 0.772. The van der Waals surface area contributed by atoms with Crippen molar-refractivity contribution >= 4 is 17.4 Å². The molecule has 1 atom stereocenters. The van der Waals surface area contributed by atoms with Crippen LogP contribution in [0, 0.1) is 0 Å². The van der Waals surface area contributed by atoms with E-state index < -0.39 is 0 Å². The molecule has 1 fully saturated rings. The molecule has 4 nitrogen and oxygen atoms in total. The minimum absolute atomic E-state index is 0.302. The topological polar surface area (TPSA) is 38.2 Å². The minimum atomic E-state index is 0.302. The van der Waals surface area contributed by atoms with Crippen molar-refractivity contribution in [2.24, 2.45) is 0 Å². The number of ether oxygens (including phenoxy) is 1. The molecular formula is C10H14ClN3O. The lowest BCUT2D eigenvalue weighted by Crippen LogP contribution is -2.42. The second-order valence-corrected chi connectivity index (χ2v) is 3.95. The highest BCUT2D eigenvalue weighted by Gasteiger charge is 2.19. The zero-order valence-electron chi connectivity index (χ0n) is 8.69. The molecule has 0 spiro atoms. The predicted molar refractivity (Wildman–Crippen MR) is 59.3 cm³/mol. The van der Waals surface area contributed by atoms with Crippen molar-refractivity contribution in [1.29, 1.82) is 0 Å². The Hall–Kier alpha value is -0.870. The Bertz CT molecular complexity index is 317. The summed E-state index contributed by atoms with van der Waals surface area (Å²) in [5, 5.41) is 8.33. The van der Waals surface area contributed by atoms with Gasteiger partial charge in [-0.25, -0.2) is 0 Å². The number of rotatable bonds is 2. The third-order valence-electron chi connectivity index (χ3n) is 2.54. The summed E-state index contributed by atoms with van der Waals surface area (Å²) in [6.07, 6.45) is 1.33. The van der Waals surface area contributed by atoms with Gasteiger partial charge in [-0.15, -0.1) is 10.2 Å². The Morgan fingerprint density at radius 2 is 2.40 bits per heavy atom. The Morgan fingerprint density at radius 3 is 3.07 bits per heavy atom. The summed E-state index contributed by atoms with van der Waals surface area (Å²) in [7, 11) is 0. The monoisotopic (exact) mass is 227 g/mol. The first kappa shape index (κ1) is 10.6. The lowest BCUT2D eigenvalue weighted by atomic mass is 10.2. The maximum atomic E-state index is 5.69. The Balaban J connectivity index is 2.06. The highest BCUT2D eigenvalue weighted by atomic mass is 35.5. The van der Waals surface area contributed by atoms with Crippen molar-refractivity contribution in [3.8, 4) is 0 Å². The third-order valence-corrected chi connectivity index (χ3v) is 2.74. The summed E-state index contributed by atoms with van der Waals surface area (Å²) < 4.78 is 5.59. The Labute approximate surface area is 94.2 Å². The molecule has 0 aliphatic carbocycles. The fraction of sp³-hybridized carbons (Fsp3) is 0.600. The van der Waals surface area contributed by atoms with Crippen molar-refractivity contribution in [2.45, 2.75) is 19.4 Å². The van der Waals surface area contributed by atoms with Gasteiger partial charge >= 0.3 is 0 Å². The van der Waals surface area contributed by atoms with Crippen LogP contribution >= 0.6 is 11.6 Å². The van der Waals surface area contributed by atoms with Gasteiger partial charge in [-0.1, -0.05) is 18.5 Å². The largest absolute Gasteiger partial charge is 0.375 e. The van der Waals surface area contributed by atoms with E-state index in [9.17, 15) is 0 Å². The molecule has 0 aromatic carbocycles. The van der Waals surface area contributed by atoms with Crippen molar-refractivity contribution in [3.63, 3.8) is 0 Å². The van der Waals surface area contributed by atoms with Gasteiger partial charge in [0, 0.05) is 13.1 Å².